The molecule has 0 aliphatic carbocycles. The Morgan fingerprint density at radius 2 is 1.42 bits per heavy atom. The van der Waals surface area contributed by atoms with Crippen molar-refractivity contribution in [2.24, 2.45) is 0 Å². The molecule has 4 nitrogen and oxygen atoms in total. The van der Waals surface area contributed by atoms with Gasteiger partial charge in [-0.05, 0) is 51.2 Å². The van der Waals surface area contributed by atoms with Gasteiger partial charge in [-0.15, -0.1) is 18.2 Å². The Morgan fingerprint density at radius 1 is 0.767 bits per heavy atom. The van der Waals surface area contributed by atoms with Crippen LogP contribution in [0.25, 0.3) is 59.7 Å². The molecule has 4 heterocycles. The van der Waals surface area contributed by atoms with Gasteiger partial charge in [0.15, 0.2) is 0 Å². The summed E-state index contributed by atoms with van der Waals surface area (Å²) in [5.41, 5.74) is 6.65. The van der Waals surface area contributed by atoms with Crippen LogP contribution in [0.4, 0.5) is 17.6 Å². The van der Waals surface area contributed by atoms with Crippen LogP contribution >= 0.6 is 11.3 Å². The van der Waals surface area contributed by atoms with Crippen LogP contribution in [-0.4, -0.2) is 32.8 Å². The van der Waals surface area contributed by atoms with Crippen LogP contribution in [0.15, 0.2) is 91.1 Å². The number of aryl methyl sites for hydroxylation is 1. The fraction of sp³-hybridized carbons (Fsp3) is 0.286. The summed E-state index contributed by atoms with van der Waals surface area (Å²) in [6.07, 6.45) is -2.65. The summed E-state index contributed by atoms with van der Waals surface area (Å²) in [5.74, 6) is 7.68. The number of hydrogen-bond donors (Lipinski definition) is 0. The van der Waals surface area contributed by atoms with Gasteiger partial charge in [-0.3, -0.25) is 4.98 Å². The monoisotopic (exact) mass is 1070 g/mol. The number of imidazole rings is 1. The quantitative estimate of drug-likeness (QED) is 0.0907. The van der Waals surface area contributed by atoms with E-state index in [2.05, 4.69) is 110 Å². The summed E-state index contributed by atoms with van der Waals surface area (Å²) in [6, 6.07) is 31.5. The van der Waals surface area contributed by atoms with E-state index in [0.717, 1.165) is 44.3 Å². The first-order chi connectivity index (χ1) is 29.1. The Hall–Kier alpha value is -4.22. The van der Waals surface area contributed by atoms with Gasteiger partial charge in [0.1, 0.15) is 10.5 Å². The van der Waals surface area contributed by atoms with Gasteiger partial charge in [0.05, 0.1) is 16.9 Å². The Morgan fingerprint density at radius 3 is 2.05 bits per heavy atom. The van der Waals surface area contributed by atoms with Crippen molar-refractivity contribution in [1.29, 1.82) is 0 Å². The molecule has 313 valence electrons. The fourth-order valence-corrected chi connectivity index (χ4v) is 12.2. The molecular weight excluding hydrogens is 1020 g/mol. The molecule has 0 spiro atoms. The molecule has 0 fully saturated rings. The number of pyridine rings is 2. The van der Waals surface area contributed by atoms with Crippen molar-refractivity contribution in [3.8, 4) is 28.3 Å². The SMILES string of the molecule is CC(C)c1cccc(C(C)C)c1-n1c(-c2[c-]ccc3c2sc2nc(C(F)(F)F)ccc23)nc2ccccc21.[2H]C([2H])([2H])c1cc[c-]c(-c2cc(C(C)C)[c]([Ge]([CH3])([CH3])[CH3])cn2)c1F.[Ir]. The van der Waals surface area contributed by atoms with Crippen LogP contribution in [0.2, 0.25) is 17.3 Å². The topological polar surface area (TPSA) is 43.6 Å². The minimum Gasteiger partial charge on any atom is 0 e. The van der Waals surface area contributed by atoms with Crippen molar-refractivity contribution in [1.82, 2.24) is 19.5 Å². The van der Waals surface area contributed by atoms with Gasteiger partial charge in [0.2, 0.25) is 0 Å². The molecule has 0 aliphatic rings. The van der Waals surface area contributed by atoms with E-state index in [1.807, 2.05) is 42.6 Å². The van der Waals surface area contributed by atoms with Crippen molar-refractivity contribution in [3.05, 3.63) is 137 Å². The maximum absolute atomic E-state index is 14.7. The minimum absolute atomic E-state index is 0. The smallest absolute Gasteiger partial charge is 0 e. The number of rotatable bonds is 7. The van der Waals surface area contributed by atoms with E-state index >= 15 is 0 Å². The summed E-state index contributed by atoms with van der Waals surface area (Å²) >= 11 is -0.848. The van der Waals surface area contributed by atoms with Crippen molar-refractivity contribution in [2.45, 2.75) is 89.6 Å². The molecule has 0 unspecified atom stereocenters. The normalized spacial score (nSPS) is 13.1. The maximum Gasteiger partial charge on any atom is 0 e. The number of halogens is 4. The molecule has 0 N–H and O–H groups in total. The first-order valence-corrected chi connectivity index (χ1v) is 27.9. The Balaban J connectivity index is 0.000000229. The van der Waals surface area contributed by atoms with Gasteiger partial charge in [-0.2, -0.15) is 24.5 Å². The Labute approximate surface area is 374 Å². The van der Waals surface area contributed by atoms with E-state index in [1.54, 1.807) is 0 Å². The molecule has 60 heavy (non-hydrogen) atoms. The van der Waals surface area contributed by atoms with E-state index in [0.29, 0.717) is 21.8 Å². The van der Waals surface area contributed by atoms with Crippen molar-refractivity contribution in [3.63, 3.8) is 0 Å². The number of fused-ring (bicyclic) bond motifs is 4. The number of alkyl halides is 3. The molecule has 0 atom stereocenters. The second-order valence-corrected chi connectivity index (χ2v) is 28.3. The maximum atomic E-state index is 14.7. The Kier molecular flexibility index (Phi) is 12.1. The van der Waals surface area contributed by atoms with Crippen molar-refractivity contribution < 1.29 is 41.8 Å². The number of aromatic nitrogens is 4. The molecule has 8 aromatic rings. The zero-order chi connectivity index (χ0) is 45.1. The van der Waals surface area contributed by atoms with Crippen LogP contribution in [-0.2, 0) is 26.3 Å². The number of nitrogens with zero attached hydrogens (tertiary/aromatic N) is 4. The average molecular weight is 1070 g/mol. The molecule has 4 aromatic heterocycles. The van der Waals surface area contributed by atoms with Gasteiger partial charge >= 0.3 is 140 Å². The number of benzene rings is 4. The number of para-hydroxylation sites is 3. The first-order valence-electron chi connectivity index (χ1n) is 21.2. The van der Waals surface area contributed by atoms with Crippen LogP contribution in [0, 0.1) is 24.8 Å². The van der Waals surface area contributed by atoms with E-state index in [9.17, 15) is 17.6 Å². The van der Waals surface area contributed by atoms with E-state index in [4.69, 9.17) is 9.10 Å². The molecule has 8 rings (SSSR count). The zero-order valence-corrected chi connectivity index (χ0v) is 40.2. The van der Waals surface area contributed by atoms with Gasteiger partial charge < -0.3 is 4.57 Å². The predicted molar refractivity (Wildman–Crippen MR) is 239 cm³/mol. The second kappa shape index (κ2) is 17.6. The predicted octanol–water partition coefficient (Wildman–Crippen LogP) is 14.2. The summed E-state index contributed by atoms with van der Waals surface area (Å²) in [7, 11) is 0. The van der Waals surface area contributed by atoms with Crippen LogP contribution in [0.5, 0.6) is 0 Å². The number of hydrogen-bond acceptors (Lipinski definition) is 4. The minimum atomic E-state index is -4.50. The van der Waals surface area contributed by atoms with Crippen LogP contribution in [0.3, 0.4) is 0 Å². The molecule has 0 saturated carbocycles. The van der Waals surface area contributed by atoms with E-state index in [1.165, 1.54) is 50.6 Å². The Bertz CT molecular complexity index is 2920. The summed E-state index contributed by atoms with van der Waals surface area (Å²) in [6.45, 7) is 10.5. The van der Waals surface area contributed by atoms with Gasteiger partial charge in [0.25, 0.3) is 0 Å². The zero-order valence-electron chi connectivity index (χ0n) is 37.9. The molecule has 11 heteroatoms. The average Bonchev–Trinajstić information content (AvgIpc) is 3.78. The first kappa shape index (κ1) is 41.2. The fourth-order valence-electron chi connectivity index (χ4n) is 7.51. The van der Waals surface area contributed by atoms with Crippen molar-refractivity contribution in [2.75, 3.05) is 0 Å². The largest absolute Gasteiger partial charge is 0 e. The van der Waals surface area contributed by atoms with Gasteiger partial charge in [0, 0.05) is 25.8 Å². The van der Waals surface area contributed by atoms with Gasteiger partial charge in [-0.25, -0.2) is 4.98 Å². The summed E-state index contributed by atoms with van der Waals surface area (Å²) in [4.78, 5) is 13.8. The van der Waals surface area contributed by atoms with E-state index < -0.39 is 37.8 Å². The summed E-state index contributed by atoms with van der Waals surface area (Å²) < 4.78 is 81.6. The molecular formula is C49H48F4GeIrN4S-2. The van der Waals surface area contributed by atoms with E-state index in [-0.39, 0.29) is 43.1 Å². The molecule has 0 bridgehead atoms. The standard InChI is InChI=1S/C31H25F3N3S.C18H23FGeN.Ir/c1-17(2)19-9-7-10-20(18(3)4)27(19)37-25-14-6-5-13-24(25)35-29(37)23-12-8-11-21-22-15-16-26(31(32,33)34)36-30(22)38-28(21)23;1-12(2)15-10-17(21-11-16(15)20(4,5)6)14-9-7-8-13(3)18(14)19;/h5-11,13-18H,1-4H3;7-8,10-12H,1-6H3;/q2*-1;/i;3D3;. The van der Waals surface area contributed by atoms with Crippen LogP contribution in [0.1, 0.15) is 91.4 Å². The third-order valence-corrected chi connectivity index (χ3v) is 15.9. The molecule has 4 aromatic carbocycles. The van der Waals surface area contributed by atoms with Gasteiger partial charge in [-0.1, -0.05) is 75.0 Å². The van der Waals surface area contributed by atoms with Crippen LogP contribution < -0.4 is 4.40 Å². The third-order valence-electron chi connectivity index (χ3n) is 10.5. The summed E-state index contributed by atoms with van der Waals surface area (Å²) in [5, 5.41) is 1.54. The molecule has 0 saturated heterocycles. The second-order valence-electron chi connectivity index (χ2n) is 16.7. The molecule has 1 radical (unpaired) electrons. The van der Waals surface area contributed by atoms with Crippen molar-refractivity contribution >= 4 is 60.3 Å². The molecule has 0 amide bonds. The molecule has 0 aliphatic heterocycles. The number of thiophene rings is 1. The third kappa shape index (κ3) is 8.76.